The van der Waals surface area contributed by atoms with Crippen LogP contribution in [0.15, 0.2) is 63.9 Å². The second-order valence-corrected chi connectivity index (χ2v) is 11.2. The number of ether oxygens (including phenoxy) is 1. The first-order valence-corrected chi connectivity index (χ1v) is 13.1. The Morgan fingerprint density at radius 3 is 2.57 bits per heavy atom. The number of aliphatic carboxylic acids is 1. The summed E-state index contributed by atoms with van der Waals surface area (Å²) in [5.74, 6) is -0.901. The van der Waals surface area contributed by atoms with Crippen LogP contribution in [0.3, 0.4) is 0 Å². The van der Waals surface area contributed by atoms with Gasteiger partial charge in [0.25, 0.3) is 0 Å². The summed E-state index contributed by atoms with van der Waals surface area (Å²) in [7, 11) is -2.44. The molecule has 0 saturated carbocycles. The lowest BCUT2D eigenvalue weighted by Gasteiger charge is -2.17. The van der Waals surface area contributed by atoms with Crippen molar-refractivity contribution in [2.75, 3.05) is 7.11 Å². The van der Waals surface area contributed by atoms with Crippen LogP contribution in [0.2, 0.25) is 0 Å². The van der Waals surface area contributed by atoms with Crippen LogP contribution >= 0.6 is 11.3 Å². The molecule has 0 saturated heterocycles. The summed E-state index contributed by atoms with van der Waals surface area (Å²) in [5.41, 5.74) is 2.77. The Morgan fingerprint density at radius 2 is 1.86 bits per heavy atom. The van der Waals surface area contributed by atoms with Crippen LogP contribution in [0, 0.1) is 5.92 Å². The lowest BCUT2D eigenvalue weighted by atomic mass is 10.1. The number of nitrogens with one attached hydrogen (secondary N) is 1. The number of rotatable bonds is 7. The molecule has 3 aromatic carbocycles. The molecule has 2 aromatic heterocycles. The third-order valence-corrected chi connectivity index (χ3v) is 8.33. The van der Waals surface area contributed by atoms with E-state index >= 15 is 0 Å². The average molecular weight is 511 g/mol. The van der Waals surface area contributed by atoms with E-state index in [0.717, 1.165) is 37.3 Å². The zero-order valence-corrected chi connectivity index (χ0v) is 20.7. The highest BCUT2D eigenvalue weighted by molar-refractivity contribution is 7.89. The minimum Gasteiger partial charge on any atom is -0.497 e. The Bertz CT molecular complexity index is 1700. The highest BCUT2D eigenvalue weighted by Gasteiger charge is 2.28. The maximum Gasteiger partial charge on any atom is 0.322 e. The molecule has 180 valence electrons. The van der Waals surface area contributed by atoms with Gasteiger partial charge in [-0.2, -0.15) is 4.72 Å². The number of nitrogens with zero attached hydrogens (tertiary/aromatic N) is 1. The van der Waals surface area contributed by atoms with Gasteiger partial charge in [-0.25, -0.2) is 13.4 Å². The van der Waals surface area contributed by atoms with Gasteiger partial charge in [-0.05, 0) is 48.4 Å². The van der Waals surface area contributed by atoms with Crippen LogP contribution in [0.25, 0.3) is 42.7 Å². The summed E-state index contributed by atoms with van der Waals surface area (Å²) >= 11 is 1.57. The lowest BCUT2D eigenvalue weighted by Crippen LogP contribution is -2.44. The number of hydrogen-bond acceptors (Lipinski definition) is 7. The van der Waals surface area contributed by atoms with Crippen molar-refractivity contribution in [3.05, 3.63) is 54.6 Å². The molecule has 2 N–H and O–H groups in total. The number of methoxy groups -OCH3 is 1. The monoisotopic (exact) mass is 510 g/mol. The highest BCUT2D eigenvalue weighted by atomic mass is 32.2. The predicted molar refractivity (Wildman–Crippen MR) is 135 cm³/mol. The molecule has 0 spiro atoms. The molecule has 5 aromatic rings. The Morgan fingerprint density at radius 1 is 1.06 bits per heavy atom. The number of carbonyl (C=O) groups is 1. The van der Waals surface area contributed by atoms with Crippen LogP contribution in [0.1, 0.15) is 13.8 Å². The van der Waals surface area contributed by atoms with Gasteiger partial charge in [-0.3, -0.25) is 4.79 Å². The number of carboxylic acids is 1. The van der Waals surface area contributed by atoms with Gasteiger partial charge >= 0.3 is 5.97 Å². The molecule has 0 unspecified atom stereocenters. The van der Waals surface area contributed by atoms with Crippen molar-refractivity contribution in [3.8, 4) is 16.3 Å². The van der Waals surface area contributed by atoms with E-state index in [2.05, 4.69) is 4.72 Å². The molecular formula is C25H22N2O6S2. The number of hydrogen-bond donors (Lipinski definition) is 2. The summed E-state index contributed by atoms with van der Waals surface area (Å²) in [5, 5.41) is 11.8. The zero-order chi connectivity index (χ0) is 24.9. The smallest absolute Gasteiger partial charge is 0.322 e. The Balaban J connectivity index is 1.54. The van der Waals surface area contributed by atoms with Crippen molar-refractivity contribution in [1.82, 2.24) is 9.71 Å². The molecule has 0 aliphatic heterocycles. The average Bonchev–Trinajstić information content (AvgIpc) is 3.41. The van der Waals surface area contributed by atoms with Gasteiger partial charge in [0, 0.05) is 28.5 Å². The van der Waals surface area contributed by atoms with Crippen LogP contribution in [-0.2, 0) is 14.8 Å². The molecule has 8 nitrogen and oxygen atoms in total. The summed E-state index contributed by atoms with van der Waals surface area (Å²) in [6, 6.07) is 14.8. The minimum absolute atomic E-state index is 0.0590. The molecule has 10 heteroatoms. The number of benzene rings is 3. The lowest BCUT2D eigenvalue weighted by molar-refractivity contribution is -0.140. The number of fused-ring (bicyclic) bond motifs is 4. The summed E-state index contributed by atoms with van der Waals surface area (Å²) in [4.78, 5) is 16.1. The van der Waals surface area contributed by atoms with Gasteiger partial charge in [0.05, 0.1) is 22.2 Å². The number of sulfonamides is 1. The summed E-state index contributed by atoms with van der Waals surface area (Å²) in [6.07, 6.45) is 0. The normalized spacial score (nSPS) is 13.1. The molecular weight excluding hydrogens is 488 g/mol. The van der Waals surface area contributed by atoms with Crippen molar-refractivity contribution >= 4 is 59.5 Å². The van der Waals surface area contributed by atoms with Gasteiger partial charge in [0.2, 0.25) is 10.0 Å². The van der Waals surface area contributed by atoms with Crippen LogP contribution in [0.4, 0.5) is 0 Å². The molecule has 2 heterocycles. The summed E-state index contributed by atoms with van der Waals surface area (Å²) in [6.45, 7) is 3.28. The standard InChI is InChI=1S/C25H22N2O6S2/c1-13(2)23(25(28)29)27-35(30,31)16-6-7-17-18-10-14(4-8-20(18)33-21(17)12-16)24-26-19-11-15(32-3)5-9-22(19)34-24/h4-13,23,27H,1-3H3,(H,28,29)/t23-/m0/s1. The SMILES string of the molecule is COc1ccc2sc(-c3ccc4oc5cc(S(=O)(=O)N[C@H](C(=O)O)C(C)C)ccc5c4c3)nc2c1. The topological polar surface area (TPSA) is 119 Å². The van der Waals surface area contributed by atoms with Crippen LogP contribution in [-0.4, -0.2) is 37.6 Å². The quantitative estimate of drug-likeness (QED) is 0.307. The maximum atomic E-state index is 12.8. The molecule has 0 aliphatic rings. The van der Waals surface area contributed by atoms with Gasteiger partial charge in [-0.15, -0.1) is 11.3 Å². The molecule has 0 amide bonds. The van der Waals surface area contributed by atoms with Gasteiger partial charge in [0.1, 0.15) is 28.0 Å². The minimum atomic E-state index is -4.06. The second kappa shape index (κ2) is 8.63. The van der Waals surface area contributed by atoms with Gasteiger partial charge in [0.15, 0.2) is 0 Å². The van der Waals surface area contributed by atoms with Crippen molar-refractivity contribution < 1.29 is 27.5 Å². The number of carboxylic acid groups (broad SMARTS) is 1. The Labute approximate surface area is 205 Å². The van der Waals surface area contributed by atoms with Gasteiger partial charge < -0.3 is 14.3 Å². The molecule has 0 bridgehead atoms. The third-order valence-electron chi connectivity index (χ3n) is 5.81. The van der Waals surface area contributed by atoms with Gasteiger partial charge in [-0.1, -0.05) is 13.8 Å². The van der Waals surface area contributed by atoms with E-state index in [9.17, 15) is 18.3 Å². The van der Waals surface area contributed by atoms with E-state index in [1.54, 1.807) is 38.4 Å². The molecule has 0 aliphatic carbocycles. The van der Waals surface area contributed by atoms with E-state index in [-0.39, 0.29) is 4.90 Å². The van der Waals surface area contributed by atoms with Crippen molar-refractivity contribution in [2.24, 2.45) is 5.92 Å². The fourth-order valence-electron chi connectivity index (χ4n) is 3.92. The van der Waals surface area contributed by atoms with E-state index in [4.69, 9.17) is 14.1 Å². The Kier molecular flexibility index (Phi) is 5.74. The molecule has 35 heavy (non-hydrogen) atoms. The maximum absolute atomic E-state index is 12.8. The fourth-order valence-corrected chi connectivity index (χ4v) is 6.22. The number of furan rings is 1. The highest BCUT2D eigenvalue weighted by Crippen LogP contribution is 2.36. The fraction of sp³-hybridized carbons (Fsp3) is 0.200. The molecule has 0 fully saturated rings. The van der Waals surface area contributed by atoms with E-state index in [0.29, 0.717) is 11.2 Å². The summed E-state index contributed by atoms with van der Waals surface area (Å²) < 4.78 is 40.2. The molecule has 5 rings (SSSR count). The van der Waals surface area contributed by atoms with Crippen LogP contribution < -0.4 is 9.46 Å². The Hall–Kier alpha value is -3.47. The van der Waals surface area contributed by atoms with Crippen molar-refractivity contribution in [1.29, 1.82) is 0 Å². The zero-order valence-electron chi connectivity index (χ0n) is 19.1. The predicted octanol–water partition coefficient (Wildman–Crippen LogP) is 5.26. The second-order valence-electron chi connectivity index (χ2n) is 8.50. The van der Waals surface area contributed by atoms with E-state index in [1.807, 2.05) is 36.4 Å². The van der Waals surface area contributed by atoms with E-state index in [1.165, 1.54) is 12.1 Å². The molecule has 1 atom stereocenters. The largest absolute Gasteiger partial charge is 0.497 e. The van der Waals surface area contributed by atoms with Crippen molar-refractivity contribution in [2.45, 2.75) is 24.8 Å². The number of thiazole rings is 1. The number of aromatic nitrogens is 1. The molecule has 0 radical (unpaired) electrons. The first kappa shape index (κ1) is 23.3. The van der Waals surface area contributed by atoms with Crippen molar-refractivity contribution in [3.63, 3.8) is 0 Å². The van der Waals surface area contributed by atoms with E-state index < -0.39 is 28.0 Å². The van der Waals surface area contributed by atoms with Crippen LogP contribution in [0.5, 0.6) is 5.75 Å². The third kappa shape index (κ3) is 4.24. The first-order chi connectivity index (χ1) is 16.7. The first-order valence-electron chi connectivity index (χ1n) is 10.8.